The van der Waals surface area contributed by atoms with Crippen LogP contribution in [-0.2, 0) is 19.1 Å². The molecule has 0 aliphatic carbocycles. The van der Waals surface area contributed by atoms with Gasteiger partial charge in [-0.2, -0.15) is 0 Å². The second-order valence-corrected chi connectivity index (χ2v) is 2.54. The summed E-state index contributed by atoms with van der Waals surface area (Å²) in [6.45, 7) is -0.233. The number of rotatable bonds is 7. The molecule has 1 N–H and O–H groups in total. The van der Waals surface area contributed by atoms with Crippen LogP contribution in [0.1, 0.15) is 6.42 Å². The smallest absolute Gasteiger partial charge is 0.481 e. The first kappa shape index (κ1) is 13.9. The summed E-state index contributed by atoms with van der Waals surface area (Å²) >= 11 is 0. The van der Waals surface area contributed by atoms with Crippen LogP contribution in [-0.4, -0.2) is 49.7 Å². The van der Waals surface area contributed by atoms with E-state index in [0.717, 1.165) is 7.11 Å². The van der Waals surface area contributed by atoms with E-state index >= 15 is 0 Å². The van der Waals surface area contributed by atoms with Gasteiger partial charge in [0.2, 0.25) is 0 Å². The fourth-order valence-electron chi connectivity index (χ4n) is 0.547. The minimum absolute atomic E-state index is 0.0613. The molecule has 0 atom stereocenters. The van der Waals surface area contributed by atoms with Crippen LogP contribution in [0, 0.1) is 0 Å². The summed E-state index contributed by atoms with van der Waals surface area (Å²) in [5.41, 5.74) is 0. The Morgan fingerprint density at radius 2 is 2.12 bits per heavy atom. The van der Waals surface area contributed by atoms with Gasteiger partial charge in [0.25, 0.3) is 6.79 Å². The molecule has 16 heavy (non-hydrogen) atoms. The summed E-state index contributed by atoms with van der Waals surface area (Å²) in [7, 11) is 2.68. The number of ether oxygens (including phenoxy) is 2. The van der Waals surface area contributed by atoms with Gasteiger partial charge in [-0.25, -0.2) is 4.79 Å². The van der Waals surface area contributed by atoms with Crippen LogP contribution in [0.2, 0.25) is 0 Å². The summed E-state index contributed by atoms with van der Waals surface area (Å²) in [5.74, 6) is -0.933. The van der Waals surface area contributed by atoms with E-state index in [1.165, 1.54) is 12.1 Å². The quantitative estimate of drug-likeness (QED) is 0.224. The molecular weight excluding hydrogens is 222 g/mol. The minimum Gasteiger partial charge on any atom is -0.481 e. The molecule has 0 heterocycles. The second kappa shape index (κ2) is 8.26. The van der Waals surface area contributed by atoms with Gasteiger partial charge in [0.15, 0.2) is 0 Å². The van der Waals surface area contributed by atoms with Crippen LogP contribution in [0.15, 0.2) is 10.5 Å². The average molecular weight is 235 g/mol. The maximum absolute atomic E-state index is 10.4. The number of carbonyl (C=O) groups is 2. The van der Waals surface area contributed by atoms with Gasteiger partial charge in [-0.3, -0.25) is 9.80 Å². The molecule has 0 bridgehead atoms. The fourth-order valence-corrected chi connectivity index (χ4v) is 0.547. The van der Waals surface area contributed by atoms with E-state index < -0.39 is 18.9 Å². The summed E-state index contributed by atoms with van der Waals surface area (Å²) in [4.78, 5) is 25.0. The van der Waals surface area contributed by atoms with Crippen molar-refractivity contribution in [2.24, 2.45) is 10.5 Å². The van der Waals surface area contributed by atoms with Gasteiger partial charge < -0.3 is 19.4 Å². The van der Waals surface area contributed by atoms with Crippen LogP contribution in [0.4, 0.5) is 4.79 Å². The summed E-state index contributed by atoms with van der Waals surface area (Å²) in [6.07, 6.45) is -0.955. The van der Waals surface area contributed by atoms with Crippen molar-refractivity contribution in [2.45, 2.75) is 6.42 Å². The summed E-state index contributed by atoms with van der Waals surface area (Å²) in [6, 6.07) is 0. The molecule has 9 heteroatoms. The van der Waals surface area contributed by atoms with Crippen molar-refractivity contribution in [3.8, 4) is 0 Å². The molecule has 0 saturated heterocycles. The number of hydrogen-bond donors (Lipinski definition) is 1. The summed E-state index contributed by atoms with van der Waals surface area (Å²) in [5, 5.41) is 16.3. The highest BCUT2D eigenvalue weighted by molar-refractivity contribution is 5.66. The number of methoxy groups -OCH3 is 1. The first-order valence-corrected chi connectivity index (χ1v) is 4.23. The van der Waals surface area contributed by atoms with Crippen LogP contribution >= 0.6 is 0 Å². The van der Waals surface area contributed by atoms with Gasteiger partial charge in [0, 0.05) is 18.9 Å². The van der Waals surface area contributed by atoms with Crippen molar-refractivity contribution < 1.29 is 29.0 Å². The Hall–Kier alpha value is -2.06. The monoisotopic (exact) mass is 235 g/mol. The molecule has 0 aliphatic rings. The van der Waals surface area contributed by atoms with Crippen molar-refractivity contribution in [3.05, 3.63) is 0 Å². The molecule has 0 aromatic carbocycles. The van der Waals surface area contributed by atoms with Crippen molar-refractivity contribution in [1.82, 2.24) is 5.01 Å². The lowest BCUT2D eigenvalue weighted by atomic mass is 10.4. The maximum atomic E-state index is 10.4. The maximum Gasteiger partial charge on any atom is 0.510 e. The number of carbonyl (C=O) groups excluding carboxylic acids is 1. The van der Waals surface area contributed by atoms with Crippen molar-refractivity contribution in [1.29, 1.82) is 0 Å². The van der Waals surface area contributed by atoms with E-state index in [9.17, 15) is 9.59 Å². The lowest BCUT2D eigenvalue weighted by Gasteiger charge is -2.07. The SMILES string of the molecule is COC(=O)OCO/N=N\N(C)CCC(=O)O. The molecule has 0 aromatic rings. The van der Waals surface area contributed by atoms with Gasteiger partial charge in [-0.05, 0) is 5.22 Å². The van der Waals surface area contributed by atoms with E-state index in [0.29, 0.717) is 0 Å². The highest BCUT2D eigenvalue weighted by Gasteiger charge is 2.00. The highest BCUT2D eigenvalue weighted by Crippen LogP contribution is 1.91. The molecule has 92 valence electrons. The van der Waals surface area contributed by atoms with Gasteiger partial charge in [-0.15, -0.1) is 0 Å². The van der Waals surface area contributed by atoms with Crippen molar-refractivity contribution >= 4 is 12.1 Å². The van der Waals surface area contributed by atoms with Gasteiger partial charge in [0.1, 0.15) is 0 Å². The Labute approximate surface area is 91.5 Å². The highest BCUT2D eigenvalue weighted by atomic mass is 16.8. The van der Waals surface area contributed by atoms with Crippen LogP contribution in [0.5, 0.6) is 0 Å². The van der Waals surface area contributed by atoms with E-state index in [1.54, 1.807) is 0 Å². The Morgan fingerprint density at radius 1 is 1.44 bits per heavy atom. The standard InChI is InChI=1S/C7H13N3O6/c1-10(4-3-6(11)12)8-9-16-5-15-7(13)14-2/h3-5H2,1-2H3,(H,11,12)/b9-8-. The third kappa shape index (κ3) is 8.53. The van der Waals surface area contributed by atoms with Crippen LogP contribution < -0.4 is 0 Å². The molecule has 0 rings (SSSR count). The molecule has 0 radical (unpaired) electrons. The minimum atomic E-state index is -0.933. The van der Waals surface area contributed by atoms with Crippen LogP contribution in [0.3, 0.4) is 0 Å². The Bertz CT molecular complexity index is 257. The zero-order valence-corrected chi connectivity index (χ0v) is 8.95. The number of hydrogen-bond acceptors (Lipinski definition) is 7. The lowest BCUT2D eigenvalue weighted by Crippen LogP contribution is -2.15. The van der Waals surface area contributed by atoms with E-state index in [-0.39, 0.29) is 13.0 Å². The van der Waals surface area contributed by atoms with E-state index in [2.05, 4.69) is 24.8 Å². The molecule has 0 amide bonds. The number of aliphatic carboxylic acids is 1. The molecule has 0 spiro atoms. The third-order valence-electron chi connectivity index (χ3n) is 1.29. The molecule has 0 fully saturated rings. The molecule has 0 saturated carbocycles. The van der Waals surface area contributed by atoms with Gasteiger partial charge >= 0.3 is 12.1 Å². The molecule has 0 aliphatic heterocycles. The topological polar surface area (TPSA) is 110 Å². The van der Waals surface area contributed by atoms with Gasteiger partial charge in [-0.1, -0.05) is 0 Å². The normalized spacial score (nSPS) is 9.88. The second-order valence-electron chi connectivity index (χ2n) is 2.54. The van der Waals surface area contributed by atoms with Crippen molar-refractivity contribution in [3.63, 3.8) is 0 Å². The first-order valence-electron chi connectivity index (χ1n) is 4.23. The zero-order valence-electron chi connectivity index (χ0n) is 8.95. The largest absolute Gasteiger partial charge is 0.510 e. The predicted molar refractivity (Wildman–Crippen MR) is 49.2 cm³/mol. The van der Waals surface area contributed by atoms with Gasteiger partial charge in [0.05, 0.1) is 13.5 Å². The molecule has 0 unspecified atom stereocenters. The molecule has 9 nitrogen and oxygen atoms in total. The zero-order chi connectivity index (χ0) is 12.4. The Balaban J connectivity index is 3.52. The summed E-state index contributed by atoms with van der Waals surface area (Å²) < 4.78 is 8.48. The predicted octanol–water partition coefficient (Wildman–Crippen LogP) is 0.432. The number of nitrogens with zero attached hydrogens (tertiary/aromatic N) is 3. The third-order valence-corrected chi connectivity index (χ3v) is 1.29. The Morgan fingerprint density at radius 3 is 2.69 bits per heavy atom. The van der Waals surface area contributed by atoms with Crippen LogP contribution in [0.25, 0.3) is 0 Å². The average Bonchev–Trinajstić information content (AvgIpc) is 2.25. The van der Waals surface area contributed by atoms with Crippen molar-refractivity contribution in [2.75, 3.05) is 27.5 Å². The fraction of sp³-hybridized carbons (Fsp3) is 0.714. The Kier molecular flexibility index (Phi) is 7.20. The number of carboxylic acid groups (broad SMARTS) is 1. The van der Waals surface area contributed by atoms with E-state index in [4.69, 9.17) is 5.11 Å². The first-order chi connectivity index (χ1) is 7.56. The molecular formula is C7H13N3O6. The van der Waals surface area contributed by atoms with E-state index in [1.807, 2.05) is 0 Å². The number of carboxylic acids is 1. The lowest BCUT2D eigenvalue weighted by molar-refractivity contribution is -0.137. The molecule has 0 aromatic heterocycles.